The Labute approximate surface area is 114 Å². The largest absolute Gasteiger partial charge is 0.315 e. The second-order valence-electron chi connectivity index (χ2n) is 5.30. The maximum Gasteiger partial charge on any atom is 0.0212 e. The zero-order valence-electron chi connectivity index (χ0n) is 12.0. The minimum absolute atomic E-state index is 0.869. The summed E-state index contributed by atoms with van der Waals surface area (Å²) in [6.07, 6.45) is 8.06. The van der Waals surface area contributed by atoms with E-state index >= 15 is 0 Å². The van der Waals surface area contributed by atoms with Crippen LogP contribution >= 0.6 is 12.8 Å². The molecule has 0 aromatic carbocycles. The van der Waals surface area contributed by atoms with Crippen molar-refractivity contribution in [3.05, 3.63) is 0 Å². The molecule has 0 saturated carbocycles. The van der Waals surface area contributed by atoms with E-state index in [4.69, 9.17) is 0 Å². The Balaban J connectivity index is 3.03. The smallest absolute Gasteiger partial charge is 0.0212 e. The quantitative estimate of drug-likeness (QED) is 0.410. The van der Waals surface area contributed by atoms with Crippen LogP contribution in [0.5, 0.6) is 0 Å². The molecule has 0 fully saturated rings. The second kappa shape index (κ2) is 12.7. The lowest BCUT2D eigenvalue weighted by Gasteiger charge is -2.14. The van der Waals surface area contributed by atoms with E-state index in [0.29, 0.717) is 0 Å². The summed E-state index contributed by atoms with van der Waals surface area (Å²) in [6, 6.07) is 0. The van der Waals surface area contributed by atoms with Gasteiger partial charge in [0, 0.05) is 19.6 Å². The van der Waals surface area contributed by atoms with Gasteiger partial charge in [-0.3, -0.25) is 4.31 Å². The van der Waals surface area contributed by atoms with Gasteiger partial charge in [-0.2, -0.15) is 0 Å². The summed E-state index contributed by atoms with van der Waals surface area (Å²) in [5, 5.41) is 3.48. The van der Waals surface area contributed by atoms with E-state index in [1.807, 2.05) is 0 Å². The van der Waals surface area contributed by atoms with Crippen LogP contribution in [0.1, 0.15) is 59.3 Å². The molecule has 3 heteroatoms. The summed E-state index contributed by atoms with van der Waals surface area (Å²) in [7, 11) is 0. The van der Waals surface area contributed by atoms with Crippen LogP contribution in [0.2, 0.25) is 0 Å². The lowest BCUT2D eigenvalue weighted by Crippen LogP contribution is -2.27. The number of thiol groups is 1. The Hall–Kier alpha value is 0.270. The third-order valence-electron chi connectivity index (χ3n) is 2.91. The molecule has 0 rings (SSSR count). The van der Waals surface area contributed by atoms with Crippen molar-refractivity contribution in [3.8, 4) is 0 Å². The van der Waals surface area contributed by atoms with Crippen LogP contribution in [-0.4, -0.2) is 30.5 Å². The van der Waals surface area contributed by atoms with E-state index < -0.39 is 0 Å². The molecule has 0 aromatic rings. The average Bonchev–Trinajstić information content (AvgIpc) is 2.27. The molecule has 1 N–H and O–H groups in total. The summed E-state index contributed by atoms with van der Waals surface area (Å²) in [5.74, 6) is 0.869. The first-order valence-corrected chi connectivity index (χ1v) is 7.71. The summed E-state index contributed by atoms with van der Waals surface area (Å²) in [5.41, 5.74) is 0. The van der Waals surface area contributed by atoms with Gasteiger partial charge in [0.2, 0.25) is 0 Å². The summed E-state index contributed by atoms with van der Waals surface area (Å²) >= 11 is 4.39. The summed E-state index contributed by atoms with van der Waals surface area (Å²) in [4.78, 5) is 0. The molecule has 0 amide bonds. The first-order valence-electron chi connectivity index (χ1n) is 7.31. The Bertz CT molecular complexity index is 151. The van der Waals surface area contributed by atoms with Crippen molar-refractivity contribution in [2.45, 2.75) is 59.3 Å². The van der Waals surface area contributed by atoms with Gasteiger partial charge in [-0.05, 0) is 25.3 Å². The maximum atomic E-state index is 4.39. The van der Waals surface area contributed by atoms with Gasteiger partial charge >= 0.3 is 0 Å². The molecule has 0 aliphatic rings. The lowest BCUT2D eigenvalue weighted by molar-refractivity contribution is 0.454. The number of hydrogen-bond donors (Lipinski definition) is 2. The van der Waals surface area contributed by atoms with Gasteiger partial charge in [-0.1, -0.05) is 59.3 Å². The minimum atomic E-state index is 0.869. The molecular weight excluding hydrogens is 228 g/mol. The first-order chi connectivity index (χ1) is 8.16. The highest BCUT2D eigenvalue weighted by molar-refractivity contribution is 7.77. The number of hydrogen-bond acceptors (Lipinski definition) is 3. The van der Waals surface area contributed by atoms with E-state index in [9.17, 15) is 0 Å². The van der Waals surface area contributed by atoms with Gasteiger partial charge in [-0.15, -0.1) is 0 Å². The van der Waals surface area contributed by atoms with Gasteiger partial charge in [0.1, 0.15) is 0 Å². The Morgan fingerprint density at radius 2 is 1.71 bits per heavy atom. The molecule has 0 aromatic heterocycles. The molecule has 0 aliphatic carbocycles. The molecule has 0 radical (unpaired) electrons. The summed E-state index contributed by atoms with van der Waals surface area (Å²) in [6.45, 7) is 11.2. The molecular formula is C14H32N2S. The van der Waals surface area contributed by atoms with Gasteiger partial charge in [-0.25, -0.2) is 0 Å². The monoisotopic (exact) mass is 260 g/mol. The minimum Gasteiger partial charge on any atom is -0.315 e. The van der Waals surface area contributed by atoms with Gasteiger partial charge in [0.05, 0.1) is 0 Å². The third kappa shape index (κ3) is 14.2. The summed E-state index contributed by atoms with van der Waals surface area (Å²) < 4.78 is 2.09. The van der Waals surface area contributed by atoms with Crippen molar-refractivity contribution in [2.75, 3.05) is 26.2 Å². The number of rotatable bonds is 12. The zero-order valence-corrected chi connectivity index (χ0v) is 12.9. The van der Waals surface area contributed by atoms with Crippen LogP contribution < -0.4 is 5.32 Å². The molecule has 0 heterocycles. The molecule has 0 saturated heterocycles. The SMILES string of the molecule is CCCN(S)CCNCCCCCCC(C)C. The fraction of sp³-hybridized carbons (Fsp3) is 1.00. The predicted octanol–water partition coefficient (Wildman–Crippen LogP) is 3.74. The van der Waals surface area contributed by atoms with Crippen LogP contribution in [0.15, 0.2) is 0 Å². The van der Waals surface area contributed by atoms with Crippen LogP contribution in [0.4, 0.5) is 0 Å². The molecule has 104 valence electrons. The van der Waals surface area contributed by atoms with E-state index in [0.717, 1.165) is 32.1 Å². The Morgan fingerprint density at radius 1 is 1.00 bits per heavy atom. The van der Waals surface area contributed by atoms with Crippen LogP contribution in [0, 0.1) is 5.92 Å². The maximum absolute atomic E-state index is 4.39. The normalized spacial score (nSPS) is 11.6. The highest BCUT2D eigenvalue weighted by Crippen LogP contribution is 2.08. The Morgan fingerprint density at radius 3 is 2.35 bits per heavy atom. The third-order valence-corrected chi connectivity index (χ3v) is 3.31. The molecule has 0 unspecified atom stereocenters. The number of nitrogens with one attached hydrogen (secondary N) is 1. The van der Waals surface area contributed by atoms with E-state index in [1.165, 1.54) is 38.5 Å². The Kier molecular flexibility index (Phi) is 12.9. The fourth-order valence-electron chi connectivity index (χ4n) is 1.86. The molecule has 0 aliphatic heterocycles. The average molecular weight is 260 g/mol. The number of unbranched alkanes of at least 4 members (excludes halogenated alkanes) is 3. The fourth-order valence-corrected chi connectivity index (χ4v) is 2.16. The highest BCUT2D eigenvalue weighted by atomic mass is 32.1. The molecule has 0 atom stereocenters. The van der Waals surface area contributed by atoms with E-state index in [-0.39, 0.29) is 0 Å². The number of nitrogens with zero attached hydrogens (tertiary/aromatic N) is 1. The van der Waals surface area contributed by atoms with Crippen LogP contribution in [0.25, 0.3) is 0 Å². The van der Waals surface area contributed by atoms with Gasteiger partial charge in [0.25, 0.3) is 0 Å². The molecule has 0 bridgehead atoms. The molecule has 17 heavy (non-hydrogen) atoms. The second-order valence-corrected chi connectivity index (χ2v) is 5.87. The topological polar surface area (TPSA) is 15.3 Å². The van der Waals surface area contributed by atoms with Crippen LogP contribution in [-0.2, 0) is 0 Å². The van der Waals surface area contributed by atoms with Crippen molar-refractivity contribution in [2.24, 2.45) is 5.92 Å². The first kappa shape index (κ1) is 17.3. The van der Waals surface area contributed by atoms with Gasteiger partial charge < -0.3 is 5.32 Å². The van der Waals surface area contributed by atoms with E-state index in [1.54, 1.807) is 0 Å². The van der Waals surface area contributed by atoms with Crippen molar-refractivity contribution >= 4 is 12.8 Å². The predicted molar refractivity (Wildman–Crippen MR) is 81.6 cm³/mol. The van der Waals surface area contributed by atoms with Gasteiger partial charge in [0.15, 0.2) is 0 Å². The zero-order chi connectivity index (χ0) is 12.9. The van der Waals surface area contributed by atoms with Crippen molar-refractivity contribution < 1.29 is 0 Å². The van der Waals surface area contributed by atoms with E-state index in [2.05, 4.69) is 43.2 Å². The lowest BCUT2D eigenvalue weighted by atomic mass is 10.0. The van der Waals surface area contributed by atoms with Crippen LogP contribution in [0.3, 0.4) is 0 Å². The molecule has 2 nitrogen and oxygen atoms in total. The highest BCUT2D eigenvalue weighted by Gasteiger charge is 1.97. The molecule has 0 spiro atoms. The van der Waals surface area contributed by atoms with Crippen molar-refractivity contribution in [1.82, 2.24) is 9.62 Å². The standard InChI is InChI=1S/C14H32N2S/c1-4-12-16(17)13-11-15-10-8-6-5-7-9-14(2)3/h14-15,17H,4-13H2,1-3H3. The van der Waals surface area contributed by atoms with Crippen molar-refractivity contribution in [3.63, 3.8) is 0 Å². The van der Waals surface area contributed by atoms with Crippen molar-refractivity contribution in [1.29, 1.82) is 0 Å².